The van der Waals surface area contributed by atoms with Gasteiger partial charge in [0.05, 0.1) is 5.69 Å². The molecule has 2 aromatic carbocycles. The third-order valence-electron chi connectivity index (χ3n) is 3.66. The summed E-state index contributed by atoms with van der Waals surface area (Å²) in [5.41, 5.74) is 4.94. The minimum absolute atomic E-state index is 0.0528. The van der Waals surface area contributed by atoms with Crippen molar-refractivity contribution in [2.75, 3.05) is 11.9 Å². The topological polar surface area (TPSA) is 20.3 Å². The number of carbonyl (C=O) groups excluding carboxylic acids is 1. The maximum atomic E-state index is 12.4. The Hall–Kier alpha value is -2.61. The van der Waals surface area contributed by atoms with E-state index in [1.807, 2.05) is 62.5 Å². The van der Waals surface area contributed by atoms with E-state index in [9.17, 15) is 4.79 Å². The van der Waals surface area contributed by atoms with Crippen molar-refractivity contribution in [3.8, 4) is 0 Å². The molecule has 0 spiro atoms. The molecule has 2 heteroatoms. The van der Waals surface area contributed by atoms with Crippen molar-refractivity contribution in [1.29, 1.82) is 0 Å². The molecule has 2 nitrogen and oxygen atoms in total. The van der Waals surface area contributed by atoms with Gasteiger partial charge in [-0.1, -0.05) is 54.6 Å². The Morgan fingerprint density at radius 2 is 1.67 bits per heavy atom. The van der Waals surface area contributed by atoms with Crippen LogP contribution in [0.2, 0.25) is 0 Å². The smallest absolute Gasteiger partial charge is 0.258 e. The van der Waals surface area contributed by atoms with Crippen molar-refractivity contribution >= 4 is 23.2 Å². The fourth-order valence-corrected chi connectivity index (χ4v) is 2.62. The van der Waals surface area contributed by atoms with E-state index in [-0.39, 0.29) is 5.91 Å². The van der Waals surface area contributed by atoms with Crippen LogP contribution in [0.4, 0.5) is 5.69 Å². The fraction of sp³-hybridized carbons (Fsp3) is 0.105. The van der Waals surface area contributed by atoms with Gasteiger partial charge < -0.3 is 4.90 Å². The summed E-state index contributed by atoms with van der Waals surface area (Å²) >= 11 is 0. The van der Waals surface area contributed by atoms with Crippen LogP contribution in [0.15, 0.2) is 66.2 Å². The standard InChI is InChI=1S/C19H17NO/c1-14(12-15-8-4-3-5-9-15)13-17-16-10-6-7-11-18(16)20(2)19(17)21/h3-13H,1-2H3/b14-12+,17-13-. The lowest BCUT2D eigenvalue weighted by Gasteiger charge is -2.07. The van der Waals surface area contributed by atoms with E-state index < -0.39 is 0 Å². The van der Waals surface area contributed by atoms with Crippen LogP contribution in [-0.2, 0) is 4.79 Å². The van der Waals surface area contributed by atoms with Crippen LogP contribution in [0, 0.1) is 0 Å². The third kappa shape index (κ3) is 2.52. The van der Waals surface area contributed by atoms with E-state index in [2.05, 4.69) is 18.2 Å². The molecule has 2 aromatic rings. The van der Waals surface area contributed by atoms with E-state index in [4.69, 9.17) is 0 Å². The summed E-state index contributed by atoms with van der Waals surface area (Å²) in [7, 11) is 1.82. The zero-order valence-electron chi connectivity index (χ0n) is 12.2. The molecule has 1 heterocycles. The van der Waals surface area contributed by atoms with Gasteiger partial charge in [0.25, 0.3) is 5.91 Å². The van der Waals surface area contributed by atoms with Gasteiger partial charge in [-0.15, -0.1) is 0 Å². The van der Waals surface area contributed by atoms with Gasteiger partial charge >= 0.3 is 0 Å². The van der Waals surface area contributed by atoms with Crippen molar-refractivity contribution < 1.29 is 4.79 Å². The number of hydrogen-bond donors (Lipinski definition) is 0. The number of amides is 1. The molecule has 0 saturated heterocycles. The first-order valence-electron chi connectivity index (χ1n) is 6.99. The Balaban J connectivity index is 2.00. The molecule has 0 radical (unpaired) electrons. The zero-order chi connectivity index (χ0) is 14.8. The average molecular weight is 275 g/mol. The van der Waals surface area contributed by atoms with E-state index in [1.54, 1.807) is 4.90 Å². The molecule has 21 heavy (non-hydrogen) atoms. The summed E-state index contributed by atoms with van der Waals surface area (Å²) in [4.78, 5) is 14.1. The van der Waals surface area contributed by atoms with Gasteiger partial charge in [-0.2, -0.15) is 0 Å². The minimum atomic E-state index is 0.0528. The first-order chi connectivity index (χ1) is 10.2. The maximum Gasteiger partial charge on any atom is 0.258 e. The van der Waals surface area contributed by atoms with Gasteiger partial charge in [-0.05, 0) is 30.2 Å². The van der Waals surface area contributed by atoms with Gasteiger partial charge in [0, 0.05) is 18.2 Å². The molecular weight excluding hydrogens is 258 g/mol. The van der Waals surface area contributed by atoms with Gasteiger partial charge in [0.2, 0.25) is 0 Å². The predicted molar refractivity (Wildman–Crippen MR) is 87.9 cm³/mol. The Morgan fingerprint density at radius 3 is 2.43 bits per heavy atom. The van der Waals surface area contributed by atoms with Crippen LogP contribution >= 0.6 is 0 Å². The molecule has 0 aromatic heterocycles. The molecule has 0 N–H and O–H groups in total. The summed E-state index contributed by atoms with van der Waals surface area (Å²) in [5.74, 6) is 0.0528. The van der Waals surface area contributed by atoms with Gasteiger partial charge in [-0.25, -0.2) is 0 Å². The number of rotatable bonds is 2. The SMILES string of the molecule is CC(/C=C1\C(=O)N(C)c2ccccc21)=C\c1ccccc1. The number of nitrogens with zero attached hydrogens (tertiary/aromatic N) is 1. The second kappa shape index (κ2) is 5.41. The lowest BCUT2D eigenvalue weighted by Crippen LogP contribution is -2.20. The molecular formula is C19H17NO. The largest absolute Gasteiger partial charge is 0.311 e. The Kier molecular flexibility index (Phi) is 3.44. The molecule has 0 unspecified atom stereocenters. The van der Waals surface area contributed by atoms with E-state index >= 15 is 0 Å². The molecule has 1 aliphatic heterocycles. The first-order valence-corrected chi connectivity index (χ1v) is 6.99. The second-order valence-corrected chi connectivity index (χ2v) is 5.24. The Labute approximate surface area is 125 Å². The van der Waals surface area contributed by atoms with Gasteiger partial charge in [0.15, 0.2) is 0 Å². The lowest BCUT2D eigenvalue weighted by molar-refractivity contribution is -0.112. The summed E-state index contributed by atoms with van der Waals surface area (Å²) < 4.78 is 0. The second-order valence-electron chi connectivity index (χ2n) is 5.24. The number of benzene rings is 2. The highest BCUT2D eigenvalue weighted by molar-refractivity contribution is 6.32. The quantitative estimate of drug-likeness (QED) is 0.754. The van der Waals surface area contributed by atoms with Crippen molar-refractivity contribution in [2.45, 2.75) is 6.92 Å². The summed E-state index contributed by atoms with van der Waals surface area (Å²) in [6.45, 7) is 2.02. The highest BCUT2D eigenvalue weighted by atomic mass is 16.2. The van der Waals surface area contributed by atoms with Crippen molar-refractivity contribution in [2.24, 2.45) is 0 Å². The van der Waals surface area contributed by atoms with Gasteiger partial charge in [-0.3, -0.25) is 4.79 Å². The zero-order valence-corrected chi connectivity index (χ0v) is 12.2. The van der Waals surface area contributed by atoms with Crippen LogP contribution < -0.4 is 4.90 Å². The number of hydrogen-bond acceptors (Lipinski definition) is 1. The van der Waals surface area contributed by atoms with Crippen LogP contribution in [0.5, 0.6) is 0 Å². The highest BCUT2D eigenvalue weighted by Crippen LogP contribution is 2.35. The highest BCUT2D eigenvalue weighted by Gasteiger charge is 2.28. The predicted octanol–water partition coefficient (Wildman–Crippen LogP) is 4.15. The fourth-order valence-electron chi connectivity index (χ4n) is 2.62. The number of allylic oxidation sites excluding steroid dienone is 2. The van der Waals surface area contributed by atoms with E-state index in [0.29, 0.717) is 0 Å². The minimum Gasteiger partial charge on any atom is -0.311 e. The number of fused-ring (bicyclic) bond motifs is 1. The molecule has 0 saturated carbocycles. The van der Waals surface area contributed by atoms with Crippen LogP contribution in [-0.4, -0.2) is 13.0 Å². The molecule has 0 atom stereocenters. The summed E-state index contributed by atoms with van der Waals surface area (Å²) in [6, 6.07) is 18.0. The molecule has 3 rings (SSSR count). The number of likely N-dealkylation sites (N-methyl/N-ethyl adjacent to an activating group) is 1. The average Bonchev–Trinajstić information content (AvgIpc) is 2.74. The monoisotopic (exact) mass is 275 g/mol. The van der Waals surface area contributed by atoms with Crippen molar-refractivity contribution in [1.82, 2.24) is 0 Å². The van der Waals surface area contributed by atoms with Crippen LogP contribution in [0.25, 0.3) is 11.6 Å². The van der Waals surface area contributed by atoms with E-state index in [1.165, 1.54) is 0 Å². The molecule has 104 valence electrons. The lowest BCUT2D eigenvalue weighted by atomic mass is 10.0. The molecule has 0 fully saturated rings. The number of anilines is 1. The maximum absolute atomic E-state index is 12.4. The number of carbonyl (C=O) groups is 1. The molecule has 0 bridgehead atoms. The molecule has 0 aliphatic carbocycles. The van der Waals surface area contributed by atoms with Crippen molar-refractivity contribution in [3.05, 3.63) is 77.4 Å². The van der Waals surface area contributed by atoms with Crippen LogP contribution in [0.3, 0.4) is 0 Å². The van der Waals surface area contributed by atoms with Gasteiger partial charge in [0.1, 0.15) is 0 Å². The molecule has 1 aliphatic rings. The first kappa shape index (κ1) is 13.4. The summed E-state index contributed by atoms with van der Waals surface area (Å²) in [6.07, 6.45) is 4.05. The normalized spacial score (nSPS) is 16.5. The third-order valence-corrected chi connectivity index (χ3v) is 3.66. The van der Waals surface area contributed by atoms with Crippen molar-refractivity contribution in [3.63, 3.8) is 0 Å². The van der Waals surface area contributed by atoms with E-state index in [0.717, 1.165) is 28.0 Å². The van der Waals surface area contributed by atoms with Crippen LogP contribution in [0.1, 0.15) is 18.1 Å². The Morgan fingerprint density at radius 1 is 1.00 bits per heavy atom. The number of para-hydroxylation sites is 1. The Bertz CT molecular complexity index is 741. The molecule has 1 amide bonds. The summed E-state index contributed by atoms with van der Waals surface area (Å²) in [5, 5.41) is 0.